The summed E-state index contributed by atoms with van der Waals surface area (Å²) >= 11 is 0. The van der Waals surface area contributed by atoms with Crippen LogP contribution in [-0.2, 0) is 26.5 Å². The molecule has 1 radical (unpaired) electrons. The molecule has 9 aromatic rings. The number of rotatable bonds is 3. The van der Waals surface area contributed by atoms with Crippen LogP contribution in [-0.4, -0.2) is 0 Å². The largest absolute Gasteiger partial charge is 3.00 e. The zero-order chi connectivity index (χ0) is 48.7. The van der Waals surface area contributed by atoms with Crippen molar-refractivity contribution in [3.63, 3.8) is 0 Å². The van der Waals surface area contributed by atoms with Gasteiger partial charge in [-0.25, -0.2) is 0 Å². The average Bonchev–Trinajstić information content (AvgIpc) is 4.22. The van der Waals surface area contributed by atoms with Crippen molar-refractivity contribution in [1.82, 2.24) is 19.9 Å². The Hall–Kier alpha value is -7.57. The third-order valence-electron chi connectivity index (χ3n) is 10.1. The van der Waals surface area contributed by atoms with Crippen LogP contribution >= 0.6 is 0 Å². The van der Waals surface area contributed by atoms with Gasteiger partial charge >= 0.3 is 21.1 Å². The molecule has 8 bridgehead atoms. The second-order valence-corrected chi connectivity index (χ2v) is 14.1. The van der Waals surface area contributed by atoms with E-state index in [9.17, 15) is 39.5 Å². The number of halogens is 15. The van der Waals surface area contributed by atoms with E-state index < -0.39 is 156 Å². The van der Waals surface area contributed by atoms with Gasteiger partial charge in [0, 0.05) is 42.0 Å². The summed E-state index contributed by atoms with van der Waals surface area (Å²) in [7, 11) is 0. The summed E-state index contributed by atoms with van der Waals surface area (Å²) in [5, 5.41) is 0. The molecule has 5 heterocycles. The summed E-state index contributed by atoms with van der Waals surface area (Å²) in [6, 6.07) is 31.2. The standard InChI is InChI=1S/C37H8F15N4.2C6H6.Mo.O/c38-23-20(24(39)30(45)35(50)29(23)44)17-11-3-1-9(53-11)10-2-4-12(54-10)18(21-25(40)31(46)36(51)32(47)26(21)41)14-6-8-16(56-14)19(15-7-5-13(17)55-15)22-27(42)33(48)37(52)34(49)28(22)43;2*1-2-4-6-5-3-1;;/h1-8H;2*1-6H;;/q-1;;;+3;-2. The Morgan fingerprint density at radius 1 is 0.229 bits per heavy atom. The van der Waals surface area contributed by atoms with Crippen molar-refractivity contribution in [2.24, 2.45) is 0 Å². The molecule has 1 aliphatic heterocycles. The number of benzene rings is 5. The molecule has 0 amide bonds. The van der Waals surface area contributed by atoms with E-state index in [0.29, 0.717) is 0 Å². The molecule has 0 saturated carbocycles. The second-order valence-electron chi connectivity index (χ2n) is 14.1. The maximum Gasteiger partial charge on any atom is 3.00 e. The Kier molecular flexibility index (Phi) is 15.5. The molecule has 0 unspecified atom stereocenters. The number of nitrogens with zero attached hydrogens (tertiary/aromatic N) is 4. The molecule has 5 aromatic carbocycles. The monoisotopic (exact) mass is 1060 g/mol. The first-order chi connectivity index (χ1) is 32.5. The van der Waals surface area contributed by atoms with Crippen LogP contribution < -0.4 is 19.9 Å². The number of aromatic nitrogens is 4. The summed E-state index contributed by atoms with van der Waals surface area (Å²) in [6.45, 7) is 0. The van der Waals surface area contributed by atoms with Gasteiger partial charge in [0.25, 0.3) is 0 Å². The van der Waals surface area contributed by atoms with Gasteiger partial charge in [0.05, 0.1) is 0 Å². The fourth-order valence-electron chi connectivity index (χ4n) is 6.97. The molecule has 5 nitrogen and oxygen atoms in total. The number of hydrogen-bond acceptors (Lipinski definition) is 0. The van der Waals surface area contributed by atoms with Crippen molar-refractivity contribution in [3.05, 3.63) is 277 Å². The second kappa shape index (κ2) is 21.0. The van der Waals surface area contributed by atoms with Crippen LogP contribution in [0.1, 0.15) is 50.9 Å². The first kappa shape index (κ1) is 51.8. The molecule has 4 aromatic heterocycles. The number of fused-ring (bicyclic) bond motifs is 9. The van der Waals surface area contributed by atoms with E-state index >= 15 is 26.3 Å². The van der Waals surface area contributed by atoms with Gasteiger partial charge in [-0.05, 0) is 47.0 Å². The molecule has 0 spiro atoms. The van der Waals surface area contributed by atoms with Crippen LogP contribution in [0.2, 0.25) is 0 Å². The van der Waals surface area contributed by atoms with E-state index in [1.54, 1.807) is 0 Å². The van der Waals surface area contributed by atoms with Gasteiger partial charge in [0.15, 0.2) is 16.7 Å². The van der Waals surface area contributed by atoms with E-state index in [1.165, 1.54) is 0 Å². The predicted octanol–water partition coefficient (Wildman–Crippen LogP) is 11.9. The third kappa shape index (κ3) is 9.19. The minimum absolute atomic E-state index is 0. The first-order valence-electron chi connectivity index (χ1n) is 19.3. The van der Waals surface area contributed by atoms with Crippen molar-refractivity contribution < 1.29 is 92.4 Å². The summed E-state index contributed by atoms with van der Waals surface area (Å²) in [4.78, 5) is 16.3. The summed E-state index contributed by atoms with van der Waals surface area (Å²) < 4.78 is 223. The van der Waals surface area contributed by atoms with Crippen molar-refractivity contribution in [3.8, 4) is 11.4 Å². The van der Waals surface area contributed by atoms with Gasteiger partial charge in [-0.15, -0.1) is 11.4 Å². The van der Waals surface area contributed by atoms with E-state index in [0.717, 1.165) is 48.5 Å². The zero-order valence-corrected chi connectivity index (χ0v) is 36.3. The minimum atomic E-state index is -2.62. The molecule has 0 atom stereocenters. The number of hydrogen-bond donors (Lipinski definition) is 0. The van der Waals surface area contributed by atoms with Crippen LogP contribution in [0, 0.1) is 105 Å². The molecule has 353 valence electrons. The molecule has 21 heteroatoms. The van der Waals surface area contributed by atoms with Crippen LogP contribution in [0.5, 0.6) is 0 Å². The van der Waals surface area contributed by atoms with Crippen LogP contribution in [0.15, 0.2) is 121 Å². The SMILES string of the molecule is Fc1c(F)c(F)c([C+]2c3ccc([n-]3)-c3ccc([n-]3)[C+](c3c(F)c(F)c(F)c(F)c3F)c3ccc([n-]3)[C+](c3c(F)c(F)c(F)c(F)c3F)c3ccc2[n-]3)c(F)c1F.[Mo+3].[O-2].c1ccccc1.c1ccccc1. The van der Waals surface area contributed by atoms with Gasteiger partial charge in [-0.2, -0.15) is 65.9 Å². The van der Waals surface area contributed by atoms with Gasteiger partial charge in [-0.1, -0.05) is 84.2 Å². The fourth-order valence-corrected chi connectivity index (χ4v) is 6.97. The first-order valence-corrected chi connectivity index (χ1v) is 19.3. The topological polar surface area (TPSA) is 84.9 Å². The smallest absolute Gasteiger partial charge is 2.00 e. The van der Waals surface area contributed by atoms with E-state index in [-0.39, 0.29) is 37.9 Å². The minimum Gasteiger partial charge on any atom is -2.00 e. The predicted molar refractivity (Wildman–Crippen MR) is 212 cm³/mol. The van der Waals surface area contributed by atoms with E-state index in [1.807, 2.05) is 72.8 Å². The Bertz CT molecular complexity index is 2980. The van der Waals surface area contributed by atoms with Crippen LogP contribution in [0.25, 0.3) is 11.4 Å². The van der Waals surface area contributed by atoms with E-state index in [4.69, 9.17) is 0 Å². The molecular formula is C49H20F15MoN4O. The molecule has 0 fully saturated rings. The maximum absolute atomic E-state index is 15.5. The molecule has 0 saturated heterocycles. The van der Waals surface area contributed by atoms with Crippen LogP contribution in [0.3, 0.4) is 0 Å². The third-order valence-corrected chi connectivity index (χ3v) is 10.1. The summed E-state index contributed by atoms with van der Waals surface area (Å²) in [5.74, 6) is -40.0. The van der Waals surface area contributed by atoms with Gasteiger partial charge < -0.3 is 25.4 Å². The Morgan fingerprint density at radius 2 is 0.386 bits per heavy atom. The van der Waals surface area contributed by atoms with Crippen molar-refractivity contribution in [2.45, 2.75) is 0 Å². The molecule has 70 heavy (non-hydrogen) atoms. The van der Waals surface area contributed by atoms with Crippen LogP contribution in [0.4, 0.5) is 65.9 Å². The molecule has 0 N–H and O–H groups in total. The molecule has 0 aliphatic carbocycles. The zero-order valence-electron chi connectivity index (χ0n) is 34.3. The Labute approximate surface area is 399 Å². The normalized spacial score (nSPS) is 11.6. The summed E-state index contributed by atoms with van der Waals surface area (Å²) in [5.41, 5.74) is -9.94. The van der Waals surface area contributed by atoms with Gasteiger partial charge in [0.2, 0.25) is 87.3 Å². The quantitative estimate of drug-likeness (QED) is 0.0580. The molecular weight excluding hydrogens is 1040 g/mol. The van der Waals surface area contributed by atoms with Gasteiger partial charge in [-0.3, -0.25) is 0 Å². The van der Waals surface area contributed by atoms with Crippen molar-refractivity contribution in [1.29, 1.82) is 0 Å². The van der Waals surface area contributed by atoms with Crippen molar-refractivity contribution >= 4 is 0 Å². The van der Waals surface area contributed by atoms with E-state index in [2.05, 4.69) is 19.9 Å². The van der Waals surface area contributed by atoms with Crippen molar-refractivity contribution in [2.75, 3.05) is 0 Å². The summed E-state index contributed by atoms with van der Waals surface area (Å²) in [6.07, 6.45) is 0. The molecule has 1 aliphatic rings. The molecule has 10 rings (SSSR count). The Morgan fingerprint density at radius 3 is 0.586 bits per heavy atom. The fraction of sp³-hybridized carbons (Fsp3) is 0. The Balaban J connectivity index is 0.000000502. The maximum atomic E-state index is 15.5. The van der Waals surface area contributed by atoms with Gasteiger partial charge in [0.1, 0.15) is 0 Å². The average molecular weight is 1060 g/mol.